The minimum absolute atomic E-state index is 0.861. The average Bonchev–Trinajstić information content (AvgIpc) is 2.76. The van der Waals surface area contributed by atoms with E-state index in [1.165, 1.54) is 25.9 Å². The van der Waals surface area contributed by atoms with Gasteiger partial charge < -0.3 is 9.64 Å². The maximum Gasteiger partial charge on any atom is 0.118 e. The zero-order chi connectivity index (χ0) is 11.8. The Bertz CT molecular complexity index is 273. The van der Waals surface area contributed by atoms with E-state index in [0.29, 0.717) is 0 Å². The molecular formula is C14H23NO. The summed E-state index contributed by atoms with van der Waals surface area (Å²) < 4.78 is 4.91. The van der Waals surface area contributed by atoms with Crippen LogP contribution in [-0.4, -0.2) is 31.1 Å². The highest BCUT2D eigenvalue weighted by Gasteiger charge is 2.16. The van der Waals surface area contributed by atoms with Crippen molar-refractivity contribution in [1.82, 2.24) is 4.90 Å². The molecule has 2 heteroatoms. The van der Waals surface area contributed by atoms with E-state index in [2.05, 4.69) is 18.7 Å². The van der Waals surface area contributed by atoms with Crippen LogP contribution in [0.15, 0.2) is 30.3 Å². The standard InChI is InChI=1S/C7H15N.C7H8O/c1-3-8-6-4-5-7(8)2;1-8-7-5-3-2-4-6-7/h7H,3-6H2,1-2H3;2-6H,1H3. The van der Waals surface area contributed by atoms with Gasteiger partial charge in [-0.3, -0.25) is 0 Å². The van der Waals surface area contributed by atoms with Crippen LogP contribution in [0.25, 0.3) is 0 Å². The number of rotatable bonds is 2. The summed E-state index contributed by atoms with van der Waals surface area (Å²) in [4.78, 5) is 2.53. The minimum Gasteiger partial charge on any atom is -0.497 e. The van der Waals surface area contributed by atoms with Crippen LogP contribution < -0.4 is 4.74 Å². The van der Waals surface area contributed by atoms with Gasteiger partial charge in [-0.2, -0.15) is 0 Å². The first-order valence-corrected chi connectivity index (χ1v) is 6.11. The molecule has 0 N–H and O–H groups in total. The summed E-state index contributed by atoms with van der Waals surface area (Å²) in [5.41, 5.74) is 0. The number of ether oxygens (including phenoxy) is 1. The van der Waals surface area contributed by atoms with Crippen LogP contribution >= 0.6 is 0 Å². The van der Waals surface area contributed by atoms with E-state index >= 15 is 0 Å². The Morgan fingerprint density at radius 2 is 2.00 bits per heavy atom. The molecule has 1 saturated heterocycles. The SMILES string of the molecule is CCN1CCCC1C.COc1ccccc1. The summed E-state index contributed by atoms with van der Waals surface area (Å²) in [6, 6.07) is 10.5. The zero-order valence-corrected chi connectivity index (χ0v) is 10.6. The van der Waals surface area contributed by atoms with Crippen molar-refractivity contribution in [3.8, 4) is 5.75 Å². The van der Waals surface area contributed by atoms with Crippen LogP contribution in [0.5, 0.6) is 5.75 Å². The molecule has 1 fully saturated rings. The molecule has 16 heavy (non-hydrogen) atoms. The maximum atomic E-state index is 4.91. The quantitative estimate of drug-likeness (QED) is 0.760. The van der Waals surface area contributed by atoms with Crippen LogP contribution in [0.1, 0.15) is 26.7 Å². The van der Waals surface area contributed by atoms with Crippen molar-refractivity contribution in [3.63, 3.8) is 0 Å². The predicted molar refractivity (Wildman–Crippen MR) is 68.9 cm³/mol. The van der Waals surface area contributed by atoms with Crippen LogP contribution in [-0.2, 0) is 0 Å². The molecule has 2 nitrogen and oxygen atoms in total. The molecule has 2 rings (SSSR count). The summed E-state index contributed by atoms with van der Waals surface area (Å²) in [6.45, 7) is 7.12. The largest absolute Gasteiger partial charge is 0.497 e. The lowest BCUT2D eigenvalue weighted by molar-refractivity contribution is 0.284. The first-order chi connectivity index (χ1) is 7.77. The van der Waals surface area contributed by atoms with Gasteiger partial charge in [0.1, 0.15) is 5.75 Å². The minimum atomic E-state index is 0.861. The fourth-order valence-electron chi connectivity index (χ4n) is 2.02. The smallest absolute Gasteiger partial charge is 0.118 e. The number of likely N-dealkylation sites (tertiary alicyclic amines) is 1. The van der Waals surface area contributed by atoms with E-state index in [0.717, 1.165) is 11.8 Å². The van der Waals surface area contributed by atoms with Gasteiger partial charge in [0.25, 0.3) is 0 Å². The van der Waals surface area contributed by atoms with Crippen LogP contribution in [0, 0.1) is 0 Å². The molecule has 1 atom stereocenters. The van der Waals surface area contributed by atoms with Crippen molar-refractivity contribution < 1.29 is 4.74 Å². The molecule has 0 radical (unpaired) electrons. The van der Waals surface area contributed by atoms with Crippen molar-refractivity contribution in [2.45, 2.75) is 32.7 Å². The summed E-state index contributed by atoms with van der Waals surface area (Å²) in [6.07, 6.45) is 2.82. The molecule has 1 heterocycles. The van der Waals surface area contributed by atoms with Gasteiger partial charge in [0.15, 0.2) is 0 Å². The Morgan fingerprint density at radius 3 is 2.31 bits per heavy atom. The Labute approximate surface area is 99.2 Å². The van der Waals surface area contributed by atoms with E-state index in [1.54, 1.807) is 7.11 Å². The molecule has 1 unspecified atom stereocenters. The molecule has 90 valence electrons. The summed E-state index contributed by atoms with van der Waals surface area (Å²) in [7, 11) is 1.66. The van der Waals surface area contributed by atoms with Crippen molar-refractivity contribution in [2.24, 2.45) is 0 Å². The fraction of sp³-hybridized carbons (Fsp3) is 0.571. The Balaban J connectivity index is 0.000000160. The number of para-hydroxylation sites is 1. The Hall–Kier alpha value is -1.02. The van der Waals surface area contributed by atoms with Crippen LogP contribution in [0.2, 0.25) is 0 Å². The van der Waals surface area contributed by atoms with E-state index in [9.17, 15) is 0 Å². The second kappa shape index (κ2) is 7.29. The van der Waals surface area contributed by atoms with Crippen molar-refractivity contribution in [3.05, 3.63) is 30.3 Å². The molecule has 0 aromatic heterocycles. The highest BCUT2D eigenvalue weighted by Crippen LogP contribution is 2.14. The van der Waals surface area contributed by atoms with Gasteiger partial charge in [0.2, 0.25) is 0 Å². The molecule has 0 aliphatic carbocycles. The molecule has 1 aromatic rings. The van der Waals surface area contributed by atoms with Gasteiger partial charge >= 0.3 is 0 Å². The van der Waals surface area contributed by atoms with Gasteiger partial charge in [-0.1, -0.05) is 25.1 Å². The normalized spacial score (nSPS) is 20.1. The molecular weight excluding hydrogens is 198 g/mol. The van der Waals surface area contributed by atoms with E-state index < -0.39 is 0 Å². The van der Waals surface area contributed by atoms with Crippen molar-refractivity contribution >= 4 is 0 Å². The lowest BCUT2D eigenvalue weighted by Gasteiger charge is -2.17. The first kappa shape index (κ1) is 13.0. The summed E-state index contributed by atoms with van der Waals surface area (Å²) in [5.74, 6) is 0.910. The van der Waals surface area contributed by atoms with Gasteiger partial charge in [-0.25, -0.2) is 0 Å². The highest BCUT2D eigenvalue weighted by molar-refractivity contribution is 5.20. The summed E-state index contributed by atoms with van der Waals surface area (Å²) >= 11 is 0. The molecule has 0 spiro atoms. The topological polar surface area (TPSA) is 12.5 Å². The maximum absolute atomic E-state index is 4.91. The second-order valence-electron chi connectivity index (χ2n) is 4.14. The third-order valence-corrected chi connectivity index (χ3v) is 3.08. The average molecular weight is 221 g/mol. The Kier molecular flexibility index (Phi) is 5.94. The van der Waals surface area contributed by atoms with E-state index in [4.69, 9.17) is 4.74 Å². The summed E-state index contributed by atoms with van der Waals surface area (Å²) in [5, 5.41) is 0. The fourth-order valence-corrected chi connectivity index (χ4v) is 2.02. The zero-order valence-electron chi connectivity index (χ0n) is 10.6. The van der Waals surface area contributed by atoms with Gasteiger partial charge in [-0.15, -0.1) is 0 Å². The van der Waals surface area contributed by atoms with E-state index in [1.807, 2.05) is 30.3 Å². The van der Waals surface area contributed by atoms with Gasteiger partial charge in [0, 0.05) is 6.04 Å². The number of hydrogen-bond donors (Lipinski definition) is 0. The third-order valence-electron chi connectivity index (χ3n) is 3.08. The van der Waals surface area contributed by atoms with Gasteiger partial charge in [-0.05, 0) is 45.0 Å². The molecule has 1 aliphatic rings. The molecule has 1 aromatic carbocycles. The molecule has 1 aliphatic heterocycles. The number of nitrogens with zero attached hydrogens (tertiary/aromatic N) is 1. The lowest BCUT2D eigenvalue weighted by Crippen LogP contribution is -2.25. The monoisotopic (exact) mass is 221 g/mol. The van der Waals surface area contributed by atoms with Gasteiger partial charge in [0.05, 0.1) is 7.11 Å². The number of hydrogen-bond acceptors (Lipinski definition) is 2. The van der Waals surface area contributed by atoms with Crippen LogP contribution in [0.4, 0.5) is 0 Å². The highest BCUT2D eigenvalue weighted by atomic mass is 16.5. The second-order valence-corrected chi connectivity index (χ2v) is 4.14. The number of benzene rings is 1. The van der Waals surface area contributed by atoms with E-state index in [-0.39, 0.29) is 0 Å². The van der Waals surface area contributed by atoms with Crippen molar-refractivity contribution in [1.29, 1.82) is 0 Å². The molecule has 0 amide bonds. The predicted octanol–water partition coefficient (Wildman–Crippen LogP) is 3.19. The number of methoxy groups -OCH3 is 1. The Morgan fingerprint density at radius 1 is 1.31 bits per heavy atom. The lowest BCUT2D eigenvalue weighted by atomic mass is 10.2. The molecule has 0 saturated carbocycles. The molecule has 0 bridgehead atoms. The van der Waals surface area contributed by atoms with Crippen LogP contribution in [0.3, 0.4) is 0 Å². The first-order valence-electron chi connectivity index (χ1n) is 6.11. The van der Waals surface area contributed by atoms with Crippen molar-refractivity contribution in [2.75, 3.05) is 20.2 Å². The third kappa shape index (κ3) is 4.23.